The summed E-state index contributed by atoms with van der Waals surface area (Å²) in [6.45, 7) is 8.61. The summed E-state index contributed by atoms with van der Waals surface area (Å²) in [5.74, 6) is 0.353. The number of aryl methyl sites for hydroxylation is 3. The summed E-state index contributed by atoms with van der Waals surface area (Å²) in [6, 6.07) is 0. The molecule has 2 aromatic rings. The molecule has 0 aromatic carbocycles. The van der Waals surface area contributed by atoms with Gasteiger partial charge in [0.15, 0.2) is 5.76 Å². The van der Waals surface area contributed by atoms with Crippen LogP contribution in [0.15, 0.2) is 14.8 Å². The molecule has 1 fully saturated rings. The summed E-state index contributed by atoms with van der Waals surface area (Å²) in [5, 5.41) is 6.90. The predicted molar refractivity (Wildman–Crippen MR) is 91.5 cm³/mol. The normalized spacial score (nSPS) is 18.0. The third-order valence-electron chi connectivity index (χ3n) is 4.17. The summed E-state index contributed by atoms with van der Waals surface area (Å²) in [5.41, 5.74) is 1.48. The average molecular weight is 371 g/mol. The van der Waals surface area contributed by atoms with Gasteiger partial charge in [-0.3, -0.25) is 4.90 Å². The largest absolute Gasteiger partial charge is 0.360 e. The van der Waals surface area contributed by atoms with E-state index >= 15 is 0 Å². The van der Waals surface area contributed by atoms with Crippen LogP contribution in [0.1, 0.15) is 28.6 Å². The van der Waals surface area contributed by atoms with Gasteiger partial charge in [-0.2, -0.15) is 4.31 Å². The maximum Gasteiger partial charge on any atom is 0.248 e. The van der Waals surface area contributed by atoms with Gasteiger partial charge in [0.25, 0.3) is 0 Å². The van der Waals surface area contributed by atoms with Crippen molar-refractivity contribution in [3.05, 3.63) is 27.5 Å². The van der Waals surface area contributed by atoms with E-state index in [0.717, 1.165) is 30.2 Å². The predicted octanol–water partition coefficient (Wildman–Crippen LogP) is 1.95. The van der Waals surface area contributed by atoms with Crippen molar-refractivity contribution in [1.82, 2.24) is 19.3 Å². The van der Waals surface area contributed by atoms with Crippen molar-refractivity contribution in [2.45, 2.75) is 38.6 Å². The highest BCUT2D eigenvalue weighted by Gasteiger charge is 2.32. The molecule has 7 nitrogen and oxygen atoms in total. The van der Waals surface area contributed by atoms with Crippen LogP contribution in [-0.4, -0.2) is 53.9 Å². The molecule has 132 valence electrons. The SMILES string of the molecule is Cc1nc(CN2CCCN(S(=O)(=O)c3c(C)noc3C)CC2)cs1. The number of thiazole rings is 1. The van der Waals surface area contributed by atoms with Crippen molar-refractivity contribution in [2.24, 2.45) is 0 Å². The van der Waals surface area contributed by atoms with E-state index in [-0.39, 0.29) is 4.90 Å². The summed E-state index contributed by atoms with van der Waals surface area (Å²) in [7, 11) is -3.56. The lowest BCUT2D eigenvalue weighted by atomic mass is 10.3. The fourth-order valence-electron chi connectivity index (χ4n) is 3.03. The zero-order valence-electron chi connectivity index (χ0n) is 14.2. The number of rotatable bonds is 4. The van der Waals surface area contributed by atoms with Gasteiger partial charge in [0.05, 0.1) is 10.7 Å². The second-order valence-electron chi connectivity index (χ2n) is 6.04. The topological polar surface area (TPSA) is 79.5 Å². The van der Waals surface area contributed by atoms with E-state index < -0.39 is 10.0 Å². The molecule has 0 spiro atoms. The number of sulfonamides is 1. The van der Waals surface area contributed by atoms with Crippen LogP contribution in [0.2, 0.25) is 0 Å². The molecule has 0 N–H and O–H groups in total. The standard InChI is InChI=1S/C15H22N4O3S2/c1-11-15(12(2)22-17-11)24(20,21)19-6-4-5-18(7-8-19)9-14-10-23-13(3)16-14/h10H,4-9H2,1-3H3. The first kappa shape index (κ1) is 17.5. The Morgan fingerprint density at radius 3 is 2.62 bits per heavy atom. The van der Waals surface area contributed by atoms with Crippen LogP contribution in [-0.2, 0) is 16.6 Å². The summed E-state index contributed by atoms with van der Waals surface area (Å²) in [6.07, 6.45) is 0.797. The lowest BCUT2D eigenvalue weighted by molar-refractivity contribution is 0.276. The molecule has 0 atom stereocenters. The molecular formula is C15H22N4O3S2. The van der Waals surface area contributed by atoms with Gasteiger partial charge in [-0.05, 0) is 33.7 Å². The molecule has 24 heavy (non-hydrogen) atoms. The van der Waals surface area contributed by atoms with Crippen molar-refractivity contribution in [2.75, 3.05) is 26.2 Å². The first-order chi connectivity index (χ1) is 11.4. The van der Waals surface area contributed by atoms with Crippen molar-refractivity contribution in [3.63, 3.8) is 0 Å². The van der Waals surface area contributed by atoms with Gasteiger partial charge in [0.2, 0.25) is 10.0 Å². The Morgan fingerprint density at radius 2 is 2.00 bits per heavy atom. The minimum absolute atomic E-state index is 0.214. The molecule has 0 radical (unpaired) electrons. The molecule has 0 aliphatic carbocycles. The third-order valence-corrected chi connectivity index (χ3v) is 7.13. The molecule has 3 rings (SSSR count). The van der Waals surface area contributed by atoms with Crippen LogP contribution in [0.25, 0.3) is 0 Å². The van der Waals surface area contributed by atoms with Crippen molar-refractivity contribution in [1.29, 1.82) is 0 Å². The molecule has 0 amide bonds. The summed E-state index contributed by atoms with van der Waals surface area (Å²) >= 11 is 1.64. The van der Waals surface area contributed by atoms with Crippen molar-refractivity contribution >= 4 is 21.4 Å². The van der Waals surface area contributed by atoms with Crippen LogP contribution >= 0.6 is 11.3 Å². The minimum atomic E-state index is -3.56. The molecule has 1 aliphatic rings. The maximum atomic E-state index is 12.9. The van der Waals surface area contributed by atoms with Crippen LogP contribution in [0.4, 0.5) is 0 Å². The number of hydrogen-bond donors (Lipinski definition) is 0. The Labute approximate surface area is 146 Å². The highest BCUT2D eigenvalue weighted by molar-refractivity contribution is 7.89. The molecule has 2 aromatic heterocycles. The van der Waals surface area contributed by atoms with Crippen molar-refractivity contribution in [3.8, 4) is 0 Å². The second kappa shape index (κ2) is 6.91. The van der Waals surface area contributed by atoms with E-state index in [2.05, 4.69) is 20.4 Å². The molecule has 1 saturated heterocycles. The van der Waals surface area contributed by atoms with E-state index in [1.54, 1.807) is 29.5 Å². The maximum absolute atomic E-state index is 12.9. The highest BCUT2D eigenvalue weighted by Crippen LogP contribution is 2.24. The van der Waals surface area contributed by atoms with Gasteiger partial charge >= 0.3 is 0 Å². The Balaban J connectivity index is 1.71. The number of nitrogens with zero attached hydrogens (tertiary/aromatic N) is 4. The number of aromatic nitrogens is 2. The van der Waals surface area contributed by atoms with Crippen LogP contribution in [0.5, 0.6) is 0 Å². The van der Waals surface area contributed by atoms with E-state index in [9.17, 15) is 8.42 Å². The Morgan fingerprint density at radius 1 is 1.21 bits per heavy atom. The molecule has 0 unspecified atom stereocenters. The zero-order valence-corrected chi connectivity index (χ0v) is 15.8. The first-order valence-electron chi connectivity index (χ1n) is 7.94. The van der Waals surface area contributed by atoms with Gasteiger partial charge in [0, 0.05) is 31.6 Å². The van der Waals surface area contributed by atoms with E-state index in [1.165, 1.54) is 0 Å². The van der Waals surface area contributed by atoms with E-state index in [1.807, 2.05) is 6.92 Å². The zero-order chi connectivity index (χ0) is 17.3. The lowest BCUT2D eigenvalue weighted by Gasteiger charge is -2.21. The summed E-state index contributed by atoms with van der Waals surface area (Å²) in [4.78, 5) is 6.97. The molecule has 3 heterocycles. The van der Waals surface area contributed by atoms with Crippen LogP contribution < -0.4 is 0 Å². The second-order valence-corrected chi connectivity index (χ2v) is 8.98. The van der Waals surface area contributed by atoms with E-state index in [0.29, 0.717) is 31.1 Å². The minimum Gasteiger partial charge on any atom is -0.360 e. The first-order valence-corrected chi connectivity index (χ1v) is 10.3. The Bertz CT molecular complexity index is 793. The molecule has 0 bridgehead atoms. The van der Waals surface area contributed by atoms with Crippen LogP contribution in [0.3, 0.4) is 0 Å². The fourth-order valence-corrected chi connectivity index (χ4v) is 5.39. The molecule has 1 aliphatic heterocycles. The highest BCUT2D eigenvalue weighted by atomic mass is 32.2. The Kier molecular flexibility index (Phi) is 5.05. The average Bonchev–Trinajstić information content (AvgIpc) is 2.97. The third kappa shape index (κ3) is 3.53. The summed E-state index contributed by atoms with van der Waals surface area (Å²) < 4.78 is 32.4. The Hall–Kier alpha value is -1.29. The van der Waals surface area contributed by atoms with Crippen molar-refractivity contribution < 1.29 is 12.9 Å². The van der Waals surface area contributed by atoms with E-state index in [4.69, 9.17) is 4.52 Å². The lowest BCUT2D eigenvalue weighted by Crippen LogP contribution is -2.35. The van der Waals surface area contributed by atoms with Gasteiger partial charge in [0.1, 0.15) is 10.6 Å². The molecule has 0 saturated carbocycles. The van der Waals surface area contributed by atoms with Gasteiger partial charge < -0.3 is 4.52 Å². The van der Waals surface area contributed by atoms with Gasteiger partial charge in [-0.1, -0.05) is 5.16 Å². The van der Waals surface area contributed by atoms with Gasteiger partial charge in [-0.25, -0.2) is 13.4 Å². The quantitative estimate of drug-likeness (QED) is 0.818. The fraction of sp³-hybridized carbons (Fsp3) is 0.600. The molecular weight excluding hydrogens is 348 g/mol. The van der Waals surface area contributed by atoms with Crippen LogP contribution in [0, 0.1) is 20.8 Å². The number of hydrogen-bond acceptors (Lipinski definition) is 7. The monoisotopic (exact) mass is 370 g/mol. The smallest absolute Gasteiger partial charge is 0.248 e. The van der Waals surface area contributed by atoms with Gasteiger partial charge in [-0.15, -0.1) is 11.3 Å². The molecule has 9 heteroatoms.